The van der Waals surface area contributed by atoms with E-state index >= 15 is 0 Å². The second-order valence-corrected chi connectivity index (χ2v) is 7.00. The molecule has 2 aromatic rings. The molecule has 0 saturated carbocycles. The fourth-order valence-electron chi connectivity index (χ4n) is 3.44. The van der Waals surface area contributed by atoms with Crippen molar-refractivity contribution in [3.63, 3.8) is 0 Å². The number of piperidine rings is 1. The average molecular weight is 399 g/mol. The molecular formula is C21H30N6O2. The van der Waals surface area contributed by atoms with E-state index in [9.17, 15) is 4.79 Å². The first-order valence-corrected chi connectivity index (χ1v) is 10.1. The number of hydrogen-bond donors (Lipinski definition) is 2. The second-order valence-electron chi connectivity index (χ2n) is 7.00. The molecule has 0 bridgehead atoms. The lowest BCUT2D eigenvalue weighted by Crippen LogP contribution is -2.49. The Hall–Kier alpha value is -3.03. The van der Waals surface area contributed by atoms with Crippen LogP contribution in [0, 0.1) is 0 Å². The Kier molecular flexibility index (Phi) is 7.49. The molecule has 1 fully saturated rings. The highest BCUT2D eigenvalue weighted by atomic mass is 16.6. The van der Waals surface area contributed by atoms with E-state index in [0.717, 1.165) is 25.3 Å². The molecule has 1 saturated heterocycles. The first-order valence-electron chi connectivity index (χ1n) is 10.1. The maximum absolute atomic E-state index is 11.8. The van der Waals surface area contributed by atoms with E-state index < -0.39 is 0 Å². The summed E-state index contributed by atoms with van der Waals surface area (Å²) in [6, 6.07) is 10.6. The van der Waals surface area contributed by atoms with Crippen LogP contribution in [0.25, 0.3) is 0 Å². The number of nitrogens with one attached hydrogen (secondary N) is 2. The Labute approximate surface area is 171 Å². The van der Waals surface area contributed by atoms with Gasteiger partial charge in [-0.2, -0.15) is 5.10 Å². The molecule has 29 heavy (non-hydrogen) atoms. The Morgan fingerprint density at radius 1 is 1.24 bits per heavy atom. The first-order chi connectivity index (χ1) is 14.2. The van der Waals surface area contributed by atoms with Crippen molar-refractivity contribution < 1.29 is 9.53 Å². The van der Waals surface area contributed by atoms with Gasteiger partial charge in [-0.3, -0.25) is 9.67 Å². The minimum atomic E-state index is -0.220. The summed E-state index contributed by atoms with van der Waals surface area (Å²) in [5.41, 5.74) is 2.44. The quantitative estimate of drug-likeness (QED) is 0.576. The zero-order chi connectivity index (χ0) is 20.5. The minimum absolute atomic E-state index is 0.220. The Bertz CT molecular complexity index is 797. The smallest absolute Gasteiger partial charge is 0.409 e. The molecule has 8 nitrogen and oxygen atoms in total. The van der Waals surface area contributed by atoms with Gasteiger partial charge in [-0.05, 0) is 37.0 Å². The van der Waals surface area contributed by atoms with Crippen molar-refractivity contribution in [3.8, 4) is 0 Å². The zero-order valence-corrected chi connectivity index (χ0v) is 17.2. The maximum Gasteiger partial charge on any atom is 0.409 e. The van der Waals surface area contributed by atoms with E-state index in [1.54, 1.807) is 18.1 Å². The number of guanidine groups is 1. The molecule has 0 radical (unpaired) electrons. The molecule has 0 aliphatic carbocycles. The molecule has 1 aromatic heterocycles. The summed E-state index contributed by atoms with van der Waals surface area (Å²) in [6.07, 6.45) is 5.28. The predicted octanol–water partition coefficient (Wildman–Crippen LogP) is 2.22. The van der Waals surface area contributed by atoms with E-state index in [-0.39, 0.29) is 12.1 Å². The number of rotatable bonds is 6. The number of likely N-dealkylation sites (tertiary alicyclic amines) is 1. The first kappa shape index (κ1) is 20.7. The van der Waals surface area contributed by atoms with E-state index in [4.69, 9.17) is 4.74 Å². The van der Waals surface area contributed by atoms with Crippen LogP contribution < -0.4 is 10.6 Å². The lowest BCUT2D eigenvalue weighted by atomic mass is 10.1. The molecule has 1 amide bonds. The average Bonchev–Trinajstić information content (AvgIpc) is 3.26. The Balaban J connectivity index is 1.50. The van der Waals surface area contributed by atoms with Gasteiger partial charge < -0.3 is 20.3 Å². The zero-order valence-electron chi connectivity index (χ0n) is 17.2. The van der Waals surface area contributed by atoms with Crippen molar-refractivity contribution in [2.45, 2.75) is 38.9 Å². The van der Waals surface area contributed by atoms with Gasteiger partial charge in [-0.1, -0.05) is 24.3 Å². The summed E-state index contributed by atoms with van der Waals surface area (Å²) in [5, 5.41) is 11.2. The molecule has 1 aliphatic rings. The van der Waals surface area contributed by atoms with Crippen molar-refractivity contribution in [2.24, 2.45) is 4.99 Å². The van der Waals surface area contributed by atoms with Crippen LogP contribution in [0.15, 0.2) is 47.7 Å². The third-order valence-corrected chi connectivity index (χ3v) is 5.04. The van der Waals surface area contributed by atoms with Crippen LogP contribution in [0.5, 0.6) is 0 Å². The van der Waals surface area contributed by atoms with Crippen LogP contribution in [0.1, 0.15) is 30.9 Å². The molecule has 2 N–H and O–H groups in total. The van der Waals surface area contributed by atoms with Crippen molar-refractivity contribution in [3.05, 3.63) is 53.9 Å². The maximum atomic E-state index is 11.8. The number of aromatic nitrogens is 2. The fraction of sp³-hybridized carbons (Fsp3) is 0.476. The number of benzene rings is 1. The second kappa shape index (κ2) is 10.5. The number of amides is 1. The lowest BCUT2D eigenvalue weighted by molar-refractivity contribution is 0.0963. The molecule has 0 spiro atoms. The van der Waals surface area contributed by atoms with Gasteiger partial charge in [0, 0.05) is 45.1 Å². The van der Waals surface area contributed by atoms with Gasteiger partial charge in [0.1, 0.15) is 0 Å². The van der Waals surface area contributed by atoms with Gasteiger partial charge in [0.05, 0.1) is 13.2 Å². The third kappa shape index (κ3) is 5.97. The predicted molar refractivity (Wildman–Crippen MR) is 113 cm³/mol. The highest BCUT2D eigenvalue weighted by molar-refractivity contribution is 5.80. The number of aliphatic imine (C=N–C) groups is 1. The summed E-state index contributed by atoms with van der Waals surface area (Å²) < 4.78 is 7.00. The van der Waals surface area contributed by atoms with Crippen LogP contribution in [0.2, 0.25) is 0 Å². The van der Waals surface area contributed by atoms with Crippen LogP contribution >= 0.6 is 0 Å². The van der Waals surface area contributed by atoms with Crippen molar-refractivity contribution in [1.82, 2.24) is 25.3 Å². The Morgan fingerprint density at radius 2 is 2.00 bits per heavy atom. The van der Waals surface area contributed by atoms with Gasteiger partial charge in [0.2, 0.25) is 0 Å². The molecule has 0 unspecified atom stereocenters. The largest absolute Gasteiger partial charge is 0.450 e. The molecule has 0 atom stereocenters. The molecular weight excluding hydrogens is 368 g/mol. The molecule has 8 heteroatoms. The molecule has 156 valence electrons. The minimum Gasteiger partial charge on any atom is -0.450 e. The number of ether oxygens (including phenoxy) is 1. The molecule has 2 heterocycles. The summed E-state index contributed by atoms with van der Waals surface area (Å²) in [4.78, 5) is 18.0. The fourth-order valence-corrected chi connectivity index (χ4v) is 3.44. The van der Waals surface area contributed by atoms with Crippen molar-refractivity contribution in [2.75, 3.05) is 26.7 Å². The van der Waals surface area contributed by atoms with Gasteiger partial charge in [-0.15, -0.1) is 0 Å². The van der Waals surface area contributed by atoms with Crippen LogP contribution in [-0.2, 0) is 17.8 Å². The molecule has 1 aliphatic heterocycles. The van der Waals surface area contributed by atoms with E-state index in [0.29, 0.717) is 26.2 Å². The number of carbonyl (C=O) groups excluding carboxylic acids is 1. The summed E-state index contributed by atoms with van der Waals surface area (Å²) >= 11 is 0. The van der Waals surface area contributed by atoms with Gasteiger partial charge in [0.25, 0.3) is 0 Å². The van der Waals surface area contributed by atoms with Gasteiger partial charge in [-0.25, -0.2) is 4.79 Å². The summed E-state index contributed by atoms with van der Waals surface area (Å²) in [6.45, 7) is 5.05. The highest BCUT2D eigenvalue weighted by Gasteiger charge is 2.24. The SMILES string of the molecule is CCOC(=O)N1CCC(NC(=NC)NCc2ccccc2Cn2cccn2)CC1. The monoisotopic (exact) mass is 398 g/mol. The summed E-state index contributed by atoms with van der Waals surface area (Å²) in [7, 11) is 1.78. The van der Waals surface area contributed by atoms with Gasteiger partial charge >= 0.3 is 6.09 Å². The van der Waals surface area contributed by atoms with Crippen LogP contribution in [-0.4, -0.2) is 59.5 Å². The van der Waals surface area contributed by atoms with Crippen molar-refractivity contribution in [1.29, 1.82) is 0 Å². The van der Waals surface area contributed by atoms with Crippen LogP contribution in [0.3, 0.4) is 0 Å². The normalized spacial score (nSPS) is 15.2. The lowest BCUT2D eigenvalue weighted by Gasteiger charge is -2.32. The number of hydrogen-bond acceptors (Lipinski definition) is 4. The Morgan fingerprint density at radius 3 is 2.66 bits per heavy atom. The van der Waals surface area contributed by atoms with E-state index in [2.05, 4.69) is 32.9 Å². The topological polar surface area (TPSA) is 83.8 Å². The van der Waals surface area contributed by atoms with Gasteiger partial charge in [0.15, 0.2) is 5.96 Å². The molecule has 1 aromatic carbocycles. The standard InChI is InChI=1S/C21H30N6O2/c1-3-29-21(28)26-13-9-19(10-14-26)25-20(22-2)23-15-17-7-4-5-8-18(17)16-27-12-6-11-24-27/h4-8,11-12,19H,3,9-10,13-16H2,1-2H3,(H2,22,23,25). The molecule has 3 rings (SSSR count). The number of nitrogens with zero attached hydrogens (tertiary/aromatic N) is 4. The van der Waals surface area contributed by atoms with E-state index in [1.165, 1.54) is 11.1 Å². The number of carbonyl (C=O) groups is 1. The highest BCUT2D eigenvalue weighted by Crippen LogP contribution is 2.12. The van der Waals surface area contributed by atoms with Crippen molar-refractivity contribution >= 4 is 12.1 Å². The van der Waals surface area contributed by atoms with Crippen LogP contribution in [0.4, 0.5) is 4.79 Å². The third-order valence-electron chi connectivity index (χ3n) is 5.04. The van der Waals surface area contributed by atoms with E-state index in [1.807, 2.05) is 36.0 Å². The summed E-state index contributed by atoms with van der Waals surface area (Å²) in [5.74, 6) is 0.772.